The first-order chi connectivity index (χ1) is 10.7. The van der Waals surface area contributed by atoms with E-state index in [1.54, 1.807) is 6.07 Å². The van der Waals surface area contributed by atoms with Gasteiger partial charge in [0.2, 0.25) is 0 Å². The summed E-state index contributed by atoms with van der Waals surface area (Å²) < 4.78 is 52.8. The van der Waals surface area contributed by atoms with E-state index in [0.717, 1.165) is 12.1 Å². The Hall–Kier alpha value is -3.27. The van der Waals surface area contributed by atoms with Gasteiger partial charge < -0.3 is 23.7 Å². The van der Waals surface area contributed by atoms with Crippen LogP contribution >= 0.6 is 0 Å². The van der Waals surface area contributed by atoms with Gasteiger partial charge in [-0.25, -0.2) is 4.39 Å². The van der Waals surface area contributed by atoms with E-state index in [-0.39, 0.29) is 6.07 Å². The maximum absolute atomic E-state index is 13.2. The molecule has 1 aromatic carbocycles. The third-order valence-electron chi connectivity index (χ3n) is 3.10. The second-order valence-corrected chi connectivity index (χ2v) is 4.52. The SMILES string of the molecule is N#Cc1c(N)[nH]c(=O)c(C#N)c1-c1ccc(F)cc1[B-](F)(F)F. The zero-order valence-corrected chi connectivity index (χ0v) is 11.2. The molecule has 0 bridgehead atoms. The predicted octanol–water partition coefficient (Wildman–Crippen LogP) is 1.56. The molecule has 0 saturated heterocycles. The first-order valence-corrected chi connectivity index (χ1v) is 6.06. The molecule has 1 aromatic heterocycles. The summed E-state index contributed by atoms with van der Waals surface area (Å²) >= 11 is 0. The maximum atomic E-state index is 13.2. The standard InChI is InChI=1S/C13H6BF4N4O/c15-6-1-2-7(10(3-6)14(16,17)18)11-8(4-19)12(21)22-13(23)9(11)5-20/h1-3H,(H3,21,22,23)/q-1. The van der Waals surface area contributed by atoms with Crippen LogP contribution in [0, 0.1) is 28.5 Å². The number of nitrogens with two attached hydrogens (primary N) is 1. The number of H-pyrrole nitrogens is 1. The van der Waals surface area contributed by atoms with Crippen LogP contribution in [0.2, 0.25) is 0 Å². The van der Waals surface area contributed by atoms with E-state index in [0.29, 0.717) is 0 Å². The van der Waals surface area contributed by atoms with Crippen molar-refractivity contribution in [3.63, 3.8) is 0 Å². The van der Waals surface area contributed by atoms with Crippen molar-refractivity contribution in [1.29, 1.82) is 10.5 Å². The molecule has 2 rings (SSSR count). The highest BCUT2D eigenvalue weighted by atomic mass is 19.4. The van der Waals surface area contributed by atoms with Crippen molar-refractivity contribution in [3.05, 3.63) is 45.5 Å². The van der Waals surface area contributed by atoms with Gasteiger partial charge in [-0.1, -0.05) is 17.6 Å². The number of aromatic amines is 1. The predicted molar refractivity (Wildman–Crippen MR) is 75.0 cm³/mol. The Balaban J connectivity index is 3.03. The highest BCUT2D eigenvalue weighted by Gasteiger charge is 2.31. The van der Waals surface area contributed by atoms with E-state index < -0.39 is 51.9 Å². The molecule has 0 amide bonds. The molecular weight excluding hydrogens is 315 g/mol. The molecule has 2 aromatic rings. The van der Waals surface area contributed by atoms with Crippen LogP contribution in [0.5, 0.6) is 0 Å². The van der Waals surface area contributed by atoms with Crippen molar-refractivity contribution in [3.8, 4) is 23.3 Å². The molecule has 0 unspecified atom stereocenters. The Bertz CT molecular complexity index is 937. The lowest BCUT2D eigenvalue weighted by atomic mass is 9.74. The summed E-state index contributed by atoms with van der Waals surface area (Å²) in [5.41, 5.74) is 0.639. The van der Waals surface area contributed by atoms with Crippen LogP contribution < -0.4 is 16.8 Å². The van der Waals surface area contributed by atoms with E-state index >= 15 is 0 Å². The smallest absolute Gasteiger partial charge is 0.445 e. The van der Waals surface area contributed by atoms with Crippen molar-refractivity contribution in [1.82, 2.24) is 4.98 Å². The minimum atomic E-state index is -5.66. The lowest BCUT2D eigenvalue weighted by Crippen LogP contribution is -2.36. The fourth-order valence-corrected chi connectivity index (χ4v) is 2.14. The van der Waals surface area contributed by atoms with Crippen molar-refractivity contribution in [2.24, 2.45) is 0 Å². The molecule has 0 aliphatic heterocycles. The van der Waals surface area contributed by atoms with E-state index in [1.807, 2.05) is 4.98 Å². The Morgan fingerprint density at radius 1 is 1.13 bits per heavy atom. The van der Waals surface area contributed by atoms with Gasteiger partial charge >= 0.3 is 6.98 Å². The number of anilines is 1. The average Bonchev–Trinajstić information content (AvgIpc) is 2.45. The van der Waals surface area contributed by atoms with Crippen LogP contribution in [0.1, 0.15) is 11.1 Å². The fourth-order valence-electron chi connectivity index (χ4n) is 2.14. The lowest BCUT2D eigenvalue weighted by Gasteiger charge is -2.21. The van der Waals surface area contributed by atoms with E-state index in [9.17, 15) is 22.1 Å². The average molecular weight is 321 g/mol. The van der Waals surface area contributed by atoms with Crippen LogP contribution in [0.4, 0.5) is 23.2 Å². The van der Waals surface area contributed by atoms with Crippen LogP contribution in [-0.4, -0.2) is 12.0 Å². The second-order valence-electron chi connectivity index (χ2n) is 4.52. The molecule has 0 aliphatic rings. The number of aromatic nitrogens is 1. The third-order valence-corrected chi connectivity index (χ3v) is 3.10. The second kappa shape index (κ2) is 5.50. The maximum Gasteiger partial charge on any atom is 0.510 e. The molecule has 0 saturated carbocycles. The number of nitrogens with one attached hydrogen (secondary N) is 1. The summed E-state index contributed by atoms with van der Waals surface area (Å²) in [7, 11) is 0. The van der Waals surface area contributed by atoms with Gasteiger partial charge in [-0.05, 0) is 11.6 Å². The van der Waals surface area contributed by atoms with Crippen molar-refractivity contribution in [2.75, 3.05) is 5.73 Å². The minimum Gasteiger partial charge on any atom is -0.445 e. The Morgan fingerprint density at radius 2 is 1.74 bits per heavy atom. The van der Waals surface area contributed by atoms with Crippen LogP contribution in [-0.2, 0) is 0 Å². The van der Waals surface area contributed by atoms with Gasteiger partial charge in [0.25, 0.3) is 5.56 Å². The first-order valence-electron chi connectivity index (χ1n) is 6.06. The topological polar surface area (TPSA) is 106 Å². The van der Waals surface area contributed by atoms with Crippen molar-refractivity contribution in [2.45, 2.75) is 0 Å². The van der Waals surface area contributed by atoms with Crippen LogP contribution in [0.15, 0.2) is 23.0 Å². The quantitative estimate of drug-likeness (QED) is 0.646. The Morgan fingerprint density at radius 3 is 2.26 bits per heavy atom. The lowest BCUT2D eigenvalue weighted by molar-refractivity contribution is 0.500. The van der Waals surface area contributed by atoms with Crippen LogP contribution in [0.25, 0.3) is 11.1 Å². The number of pyridine rings is 1. The number of rotatable bonds is 2. The van der Waals surface area contributed by atoms with E-state index in [1.165, 1.54) is 6.07 Å². The van der Waals surface area contributed by atoms with Gasteiger partial charge in [-0.2, -0.15) is 10.5 Å². The molecular formula is C13H6BF4N4O-. The van der Waals surface area contributed by atoms with Crippen molar-refractivity contribution >= 4 is 18.3 Å². The van der Waals surface area contributed by atoms with Crippen LogP contribution in [0.3, 0.4) is 0 Å². The summed E-state index contributed by atoms with van der Waals surface area (Å²) in [4.78, 5) is 13.8. The van der Waals surface area contributed by atoms with Gasteiger partial charge in [0.05, 0.1) is 0 Å². The molecule has 0 fully saturated rings. The number of hydrogen-bond donors (Lipinski definition) is 2. The Labute approximate surface area is 126 Å². The number of nitrogen functional groups attached to an aromatic ring is 1. The zero-order valence-electron chi connectivity index (χ0n) is 11.2. The number of hydrogen-bond acceptors (Lipinski definition) is 4. The van der Waals surface area contributed by atoms with Gasteiger partial charge in [0.15, 0.2) is 0 Å². The highest BCUT2D eigenvalue weighted by molar-refractivity contribution is 6.75. The van der Waals surface area contributed by atoms with Gasteiger partial charge in [-0.15, -0.1) is 0 Å². The van der Waals surface area contributed by atoms with E-state index in [4.69, 9.17) is 16.3 Å². The fraction of sp³-hybridized carbons (Fsp3) is 0. The summed E-state index contributed by atoms with van der Waals surface area (Å²) in [5, 5.41) is 18.2. The molecule has 23 heavy (non-hydrogen) atoms. The normalized spacial score (nSPS) is 10.9. The third kappa shape index (κ3) is 2.74. The molecule has 5 nitrogen and oxygen atoms in total. The molecule has 0 atom stereocenters. The minimum absolute atomic E-state index is 0.245. The summed E-state index contributed by atoms with van der Waals surface area (Å²) in [6.45, 7) is -5.66. The van der Waals surface area contributed by atoms with E-state index in [2.05, 4.69) is 0 Å². The van der Waals surface area contributed by atoms with Gasteiger partial charge in [-0.3, -0.25) is 4.79 Å². The zero-order chi connectivity index (χ0) is 17.4. The number of nitrogens with zero attached hydrogens (tertiary/aromatic N) is 2. The molecule has 0 aliphatic carbocycles. The molecule has 116 valence electrons. The summed E-state index contributed by atoms with van der Waals surface area (Å²) in [5.74, 6) is -1.62. The molecule has 1 heterocycles. The molecule has 3 N–H and O–H groups in total. The van der Waals surface area contributed by atoms with Gasteiger partial charge in [0, 0.05) is 5.56 Å². The molecule has 0 radical (unpaired) electrons. The number of nitriles is 2. The number of benzene rings is 1. The molecule has 10 heteroatoms. The largest absolute Gasteiger partial charge is 0.510 e. The summed E-state index contributed by atoms with van der Waals surface area (Å²) in [6, 6.07) is 4.75. The van der Waals surface area contributed by atoms with Gasteiger partial charge in [0.1, 0.15) is 34.9 Å². The van der Waals surface area contributed by atoms with Crippen molar-refractivity contribution < 1.29 is 17.3 Å². The monoisotopic (exact) mass is 321 g/mol. The summed E-state index contributed by atoms with van der Waals surface area (Å²) in [6.07, 6.45) is 0. The first kappa shape index (κ1) is 16.1. The molecule has 0 spiro atoms. The highest BCUT2D eigenvalue weighted by Crippen LogP contribution is 2.29. The number of halogens is 4. The Kier molecular flexibility index (Phi) is 3.85.